The van der Waals surface area contributed by atoms with Crippen LogP contribution in [0.3, 0.4) is 0 Å². The smallest absolute Gasteiger partial charge is 0.305 e. The Hall–Kier alpha value is -1.85. The van der Waals surface area contributed by atoms with Crippen LogP contribution in [0.15, 0.2) is 0 Å². The molecule has 0 aliphatic carbocycles. The van der Waals surface area contributed by atoms with Crippen molar-refractivity contribution in [3.8, 4) is 0 Å². The highest BCUT2D eigenvalue weighted by atomic mass is 32.2. The van der Waals surface area contributed by atoms with Crippen molar-refractivity contribution in [2.24, 2.45) is 17.8 Å². The fourth-order valence-corrected chi connectivity index (χ4v) is 9.50. The number of likely N-dealkylation sites (tertiary alicyclic amines) is 2. The van der Waals surface area contributed by atoms with Crippen LogP contribution < -0.4 is 0 Å². The van der Waals surface area contributed by atoms with Gasteiger partial charge in [-0.05, 0) is 115 Å². The van der Waals surface area contributed by atoms with E-state index in [-0.39, 0.29) is 49.6 Å². The summed E-state index contributed by atoms with van der Waals surface area (Å²) in [6.07, 6.45) is 28.0. The maximum Gasteiger partial charge on any atom is 0.305 e. The second kappa shape index (κ2) is 38.6. The molecule has 61 heavy (non-hydrogen) atoms. The number of carbonyl (C=O) groups excluding carboxylic acids is 4. The molecule has 0 aromatic carbocycles. The number of ether oxygens (including phenoxy) is 4. The van der Waals surface area contributed by atoms with Gasteiger partial charge in [-0.25, -0.2) is 0 Å². The van der Waals surface area contributed by atoms with Gasteiger partial charge in [0.05, 0.1) is 26.4 Å². The first kappa shape index (κ1) is 55.3. The van der Waals surface area contributed by atoms with Crippen molar-refractivity contribution in [1.29, 1.82) is 0 Å². The molecule has 2 saturated heterocycles. The van der Waals surface area contributed by atoms with Gasteiger partial charge in [0, 0.05) is 50.3 Å². The molecule has 2 rings (SSSR count). The van der Waals surface area contributed by atoms with E-state index < -0.39 is 0 Å². The lowest BCUT2D eigenvalue weighted by Gasteiger charge is -2.32. The van der Waals surface area contributed by atoms with Crippen LogP contribution >= 0.6 is 11.8 Å². The van der Waals surface area contributed by atoms with Gasteiger partial charge in [-0.15, -0.1) is 0 Å². The summed E-state index contributed by atoms with van der Waals surface area (Å²) >= 11 is 2.06. The SMILES string of the molecule is CCCCCCCCC(CCCCCC)COC(=O)CCCC(=O)OCCC1CCN(CCSCCN2CCC(CCOC(=O)CCCC(=O)OCCCCCC)CC2)CC1. The van der Waals surface area contributed by atoms with E-state index in [1.807, 2.05) is 0 Å². The van der Waals surface area contributed by atoms with Gasteiger partial charge in [0.2, 0.25) is 0 Å². The maximum absolute atomic E-state index is 12.5. The Kier molecular flexibility index (Phi) is 35.0. The lowest BCUT2D eigenvalue weighted by molar-refractivity contribution is -0.148. The van der Waals surface area contributed by atoms with E-state index in [2.05, 4.69) is 42.3 Å². The third-order valence-corrected chi connectivity index (χ3v) is 13.7. The normalized spacial score (nSPS) is 16.0. The Balaban J connectivity index is 1.40. The van der Waals surface area contributed by atoms with Crippen molar-refractivity contribution in [2.75, 3.05) is 77.2 Å². The predicted octanol–water partition coefficient (Wildman–Crippen LogP) is 11.4. The average Bonchev–Trinajstić information content (AvgIpc) is 3.26. The molecule has 2 heterocycles. The summed E-state index contributed by atoms with van der Waals surface area (Å²) in [4.78, 5) is 53.9. The summed E-state index contributed by atoms with van der Waals surface area (Å²) in [7, 11) is 0. The van der Waals surface area contributed by atoms with Gasteiger partial charge >= 0.3 is 23.9 Å². The van der Waals surface area contributed by atoms with E-state index in [0.29, 0.717) is 57.0 Å². The number of hydrogen-bond acceptors (Lipinski definition) is 11. The molecule has 0 aromatic heterocycles. The third kappa shape index (κ3) is 31.6. The molecule has 2 aliphatic heterocycles. The highest BCUT2D eigenvalue weighted by Crippen LogP contribution is 2.23. The average molecular weight is 881 g/mol. The number of unbranched alkanes of at least 4 members (excludes halogenated alkanes) is 11. The van der Waals surface area contributed by atoms with Gasteiger partial charge in [0.25, 0.3) is 0 Å². The predicted molar refractivity (Wildman–Crippen MR) is 251 cm³/mol. The first-order valence-corrected chi connectivity index (χ1v) is 26.6. The van der Waals surface area contributed by atoms with E-state index in [1.54, 1.807) is 0 Å². The van der Waals surface area contributed by atoms with Crippen LogP contribution in [0.25, 0.3) is 0 Å². The van der Waals surface area contributed by atoms with Crippen LogP contribution in [0.2, 0.25) is 0 Å². The number of esters is 4. The molecule has 0 saturated carbocycles. The molecule has 2 fully saturated rings. The first-order chi connectivity index (χ1) is 29.8. The summed E-state index contributed by atoms with van der Waals surface area (Å²) in [5.41, 5.74) is 0. The summed E-state index contributed by atoms with van der Waals surface area (Å²) in [5, 5.41) is 0. The van der Waals surface area contributed by atoms with Crippen LogP contribution in [0, 0.1) is 17.8 Å². The summed E-state index contributed by atoms with van der Waals surface area (Å²) in [6.45, 7) is 15.4. The Morgan fingerprint density at radius 1 is 0.475 bits per heavy atom. The number of piperidine rings is 2. The van der Waals surface area contributed by atoms with Crippen LogP contribution in [0.5, 0.6) is 0 Å². The first-order valence-electron chi connectivity index (χ1n) is 25.5. The summed E-state index contributed by atoms with van der Waals surface area (Å²) in [6, 6.07) is 0. The molecule has 0 aromatic rings. The van der Waals surface area contributed by atoms with Gasteiger partial charge in [-0.1, -0.05) is 104 Å². The van der Waals surface area contributed by atoms with Gasteiger partial charge < -0.3 is 28.7 Å². The molecule has 1 unspecified atom stereocenters. The minimum atomic E-state index is -0.213. The van der Waals surface area contributed by atoms with E-state index in [0.717, 1.165) is 121 Å². The molecule has 2 aliphatic rings. The number of carbonyl (C=O) groups is 4. The molecule has 0 N–H and O–H groups in total. The quantitative estimate of drug-likeness (QED) is 0.0334. The third-order valence-electron chi connectivity index (χ3n) is 12.8. The zero-order valence-corrected chi connectivity index (χ0v) is 40.4. The second-order valence-electron chi connectivity index (χ2n) is 18.1. The van der Waals surface area contributed by atoms with Crippen LogP contribution in [-0.2, 0) is 38.1 Å². The lowest BCUT2D eigenvalue weighted by Crippen LogP contribution is -2.36. The molecule has 0 amide bonds. The molecule has 356 valence electrons. The number of rotatable bonds is 39. The molecular formula is C50H92N2O8S. The van der Waals surface area contributed by atoms with Crippen molar-refractivity contribution >= 4 is 35.6 Å². The molecule has 1 atom stereocenters. The zero-order chi connectivity index (χ0) is 44.0. The number of hydrogen-bond donors (Lipinski definition) is 0. The summed E-state index contributed by atoms with van der Waals surface area (Å²) < 4.78 is 22.0. The fraction of sp³-hybridized carbons (Fsp3) is 0.920. The largest absolute Gasteiger partial charge is 0.466 e. The fourth-order valence-electron chi connectivity index (χ4n) is 8.52. The zero-order valence-electron chi connectivity index (χ0n) is 39.6. The van der Waals surface area contributed by atoms with E-state index in [9.17, 15) is 19.2 Å². The van der Waals surface area contributed by atoms with Gasteiger partial charge in [0.15, 0.2) is 0 Å². The molecule has 0 bridgehead atoms. The van der Waals surface area contributed by atoms with Gasteiger partial charge in [-0.3, -0.25) is 19.2 Å². The van der Waals surface area contributed by atoms with Crippen LogP contribution in [-0.4, -0.2) is 111 Å². The van der Waals surface area contributed by atoms with Crippen LogP contribution in [0.1, 0.15) is 201 Å². The van der Waals surface area contributed by atoms with Gasteiger partial charge in [-0.2, -0.15) is 11.8 Å². The number of thioether (sulfide) groups is 1. The van der Waals surface area contributed by atoms with Crippen molar-refractivity contribution in [3.05, 3.63) is 0 Å². The lowest BCUT2D eigenvalue weighted by atomic mass is 9.94. The Morgan fingerprint density at radius 2 is 0.852 bits per heavy atom. The Morgan fingerprint density at radius 3 is 1.31 bits per heavy atom. The van der Waals surface area contributed by atoms with Crippen LogP contribution in [0.4, 0.5) is 0 Å². The van der Waals surface area contributed by atoms with E-state index >= 15 is 0 Å². The monoisotopic (exact) mass is 881 g/mol. The highest BCUT2D eigenvalue weighted by molar-refractivity contribution is 7.99. The van der Waals surface area contributed by atoms with Crippen molar-refractivity contribution in [2.45, 2.75) is 201 Å². The highest BCUT2D eigenvalue weighted by Gasteiger charge is 2.21. The van der Waals surface area contributed by atoms with Gasteiger partial charge in [0.1, 0.15) is 0 Å². The Labute approximate surface area is 377 Å². The molecule has 10 nitrogen and oxygen atoms in total. The van der Waals surface area contributed by atoms with E-state index in [1.165, 1.54) is 70.6 Å². The van der Waals surface area contributed by atoms with Crippen molar-refractivity contribution in [1.82, 2.24) is 9.80 Å². The minimum absolute atomic E-state index is 0.177. The molecular weight excluding hydrogens is 789 g/mol. The standard InChI is InChI=1S/C50H92N2O8S/c1-4-7-10-13-14-16-21-46(20-15-11-8-5-2)43-60-50(56)25-19-24-49(55)59-40-31-45-28-34-52(35-29-45)37-42-61-41-36-51-32-26-44(27-33-51)30-39-58-48(54)23-18-22-47(53)57-38-17-12-9-6-3/h44-46H,4-43H2,1-3H3. The maximum atomic E-state index is 12.5. The van der Waals surface area contributed by atoms with Crippen molar-refractivity contribution in [3.63, 3.8) is 0 Å². The second-order valence-corrected chi connectivity index (χ2v) is 19.4. The molecule has 0 radical (unpaired) electrons. The van der Waals surface area contributed by atoms with Crippen molar-refractivity contribution < 1.29 is 38.1 Å². The summed E-state index contributed by atoms with van der Waals surface area (Å²) in [5.74, 6) is 3.22. The molecule has 11 heteroatoms. The van der Waals surface area contributed by atoms with E-state index in [4.69, 9.17) is 18.9 Å². The number of nitrogens with zero attached hydrogens (tertiary/aromatic N) is 2. The Bertz CT molecular complexity index is 1100. The topological polar surface area (TPSA) is 112 Å². The molecule has 0 spiro atoms. The minimum Gasteiger partial charge on any atom is -0.466 e.